The first-order valence-electron chi connectivity index (χ1n) is 9.69. The van der Waals surface area contributed by atoms with Gasteiger partial charge in [0.2, 0.25) is 0 Å². The molecule has 0 atom stereocenters. The molecule has 0 aliphatic carbocycles. The molecule has 0 radical (unpaired) electrons. The van der Waals surface area contributed by atoms with Crippen LogP contribution in [-0.4, -0.2) is 54.5 Å². The van der Waals surface area contributed by atoms with Crippen molar-refractivity contribution in [1.29, 1.82) is 0 Å². The fourth-order valence-electron chi connectivity index (χ4n) is 4.01. The van der Waals surface area contributed by atoms with E-state index >= 15 is 0 Å². The summed E-state index contributed by atoms with van der Waals surface area (Å²) in [6, 6.07) is 17.2. The lowest BCUT2D eigenvalue weighted by Gasteiger charge is -2.36. The fraction of sp³-hybridized carbons (Fsp3) is 0.364. The minimum atomic E-state index is -0.190. The lowest BCUT2D eigenvalue weighted by Crippen LogP contribution is -2.46. The summed E-state index contributed by atoms with van der Waals surface area (Å²) >= 11 is 0. The van der Waals surface area contributed by atoms with Crippen molar-refractivity contribution < 1.29 is 14.3 Å². The van der Waals surface area contributed by atoms with E-state index in [4.69, 9.17) is 4.74 Å². The zero-order valence-electron chi connectivity index (χ0n) is 16.1. The highest BCUT2D eigenvalue weighted by atomic mass is 16.5. The number of nitrogens with zero attached hydrogens (tertiary/aromatic N) is 3. The first-order valence-corrected chi connectivity index (χ1v) is 9.69. The van der Waals surface area contributed by atoms with Gasteiger partial charge in [0.15, 0.2) is 0 Å². The molecule has 3 amide bonds. The molecule has 2 aromatic rings. The molecule has 2 fully saturated rings. The van der Waals surface area contributed by atoms with Gasteiger partial charge in [0.1, 0.15) is 12.3 Å². The van der Waals surface area contributed by atoms with Gasteiger partial charge in [-0.05, 0) is 42.7 Å². The topological polar surface area (TPSA) is 53.1 Å². The number of carbonyl (C=O) groups excluding carboxylic acids is 2. The number of piperidine rings is 1. The van der Waals surface area contributed by atoms with Crippen LogP contribution in [0.2, 0.25) is 0 Å². The van der Waals surface area contributed by atoms with Crippen molar-refractivity contribution in [2.75, 3.05) is 31.6 Å². The van der Waals surface area contributed by atoms with Crippen LogP contribution >= 0.6 is 0 Å². The smallest absolute Gasteiger partial charge is 0.332 e. The number of likely N-dealkylation sites (tertiary alicyclic amines) is 1. The van der Waals surface area contributed by atoms with Gasteiger partial charge in [-0.15, -0.1) is 0 Å². The molecule has 0 saturated carbocycles. The number of benzene rings is 2. The SMILES string of the molecule is COc1ccc(CN2CCC(N3CC(=O)N(c4ccccc4)C3=O)CC2)cc1. The van der Waals surface area contributed by atoms with Crippen molar-refractivity contribution in [3.05, 3.63) is 60.2 Å². The quantitative estimate of drug-likeness (QED) is 0.749. The minimum absolute atomic E-state index is 0.122. The maximum Gasteiger partial charge on any atom is 0.332 e. The van der Waals surface area contributed by atoms with Crippen LogP contribution in [0.1, 0.15) is 18.4 Å². The Hall–Kier alpha value is -2.86. The van der Waals surface area contributed by atoms with Crippen LogP contribution < -0.4 is 9.64 Å². The number of amides is 3. The summed E-state index contributed by atoms with van der Waals surface area (Å²) in [5.41, 5.74) is 1.90. The molecule has 2 aromatic carbocycles. The maximum atomic E-state index is 12.9. The van der Waals surface area contributed by atoms with Crippen molar-refractivity contribution >= 4 is 17.6 Å². The Morgan fingerprint density at radius 1 is 0.964 bits per heavy atom. The standard InChI is InChI=1S/C22H25N3O3/c1-28-20-9-7-17(8-10-20)15-23-13-11-18(12-14-23)24-16-21(26)25(22(24)27)19-5-3-2-4-6-19/h2-10,18H,11-16H2,1H3. The molecule has 0 spiro atoms. The number of hydrogen-bond donors (Lipinski definition) is 0. The third-order valence-corrected chi connectivity index (χ3v) is 5.57. The van der Waals surface area contributed by atoms with E-state index in [1.165, 1.54) is 10.5 Å². The molecule has 2 heterocycles. The first-order chi connectivity index (χ1) is 13.7. The molecule has 2 aliphatic rings. The average molecular weight is 379 g/mol. The molecule has 28 heavy (non-hydrogen) atoms. The van der Waals surface area contributed by atoms with Crippen LogP contribution in [0.5, 0.6) is 5.75 Å². The van der Waals surface area contributed by atoms with Crippen molar-refractivity contribution in [1.82, 2.24) is 9.80 Å². The van der Waals surface area contributed by atoms with Crippen molar-refractivity contribution in [3.63, 3.8) is 0 Å². The summed E-state index contributed by atoms with van der Waals surface area (Å²) in [4.78, 5) is 30.8. The van der Waals surface area contributed by atoms with Crippen molar-refractivity contribution in [2.45, 2.75) is 25.4 Å². The summed E-state index contributed by atoms with van der Waals surface area (Å²) in [6.45, 7) is 2.90. The van der Waals surface area contributed by atoms with E-state index in [9.17, 15) is 9.59 Å². The van der Waals surface area contributed by atoms with E-state index in [0.29, 0.717) is 5.69 Å². The lowest BCUT2D eigenvalue weighted by molar-refractivity contribution is -0.116. The predicted octanol–water partition coefficient (Wildman–Crippen LogP) is 3.13. The third kappa shape index (κ3) is 3.73. The van der Waals surface area contributed by atoms with Crippen LogP contribution in [0.15, 0.2) is 54.6 Å². The van der Waals surface area contributed by atoms with Crippen molar-refractivity contribution in [2.24, 2.45) is 0 Å². The zero-order valence-corrected chi connectivity index (χ0v) is 16.1. The monoisotopic (exact) mass is 379 g/mol. The van der Waals surface area contributed by atoms with E-state index in [1.807, 2.05) is 30.3 Å². The third-order valence-electron chi connectivity index (χ3n) is 5.57. The lowest BCUT2D eigenvalue weighted by atomic mass is 10.0. The molecule has 2 aliphatic heterocycles. The van der Waals surface area contributed by atoms with E-state index < -0.39 is 0 Å². The van der Waals surface area contributed by atoms with Crippen LogP contribution in [0.25, 0.3) is 0 Å². The molecule has 146 valence electrons. The van der Waals surface area contributed by atoms with Gasteiger partial charge in [0.05, 0.1) is 12.8 Å². The number of rotatable bonds is 5. The number of anilines is 1. The number of hydrogen-bond acceptors (Lipinski definition) is 4. The second-order valence-electron chi connectivity index (χ2n) is 7.33. The first kappa shape index (κ1) is 18.5. The molecule has 0 bridgehead atoms. The Kier molecular flexibility index (Phi) is 5.30. The van der Waals surface area contributed by atoms with Gasteiger partial charge in [-0.2, -0.15) is 0 Å². The van der Waals surface area contributed by atoms with Gasteiger partial charge in [0, 0.05) is 25.7 Å². The van der Waals surface area contributed by atoms with Crippen LogP contribution in [0.3, 0.4) is 0 Å². The van der Waals surface area contributed by atoms with Gasteiger partial charge >= 0.3 is 6.03 Å². The van der Waals surface area contributed by atoms with Crippen molar-refractivity contribution in [3.8, 4) is 5.75 Å². The van der Waals surface area contributed by atoms with Gasteiger partial charge in [0.25, 0.3) is 5.91 Å². The molecule has 6 nitrogen and oxygen atoms in total. The summed E-state index contributed by atoms with van der Waals surface area (Å²) in [5, 5.41) is 0. The molecule has 4 rings (SSSR count). The van der Waals surface area contributed by atoms with Gasteiger partial charge in [-0.25, -0.2) is 9.69 Å². The molecule has 0 unspecified atom stereocenters. The average Bonchev–Trinajstić information content (AvgIpc) is 3.04. The Morgan fingerprint density at radius 3 is 2.29 bits per heavy atom. The summed E-state index contributed by atoms with van der Waals surface area (Å²) in [7, 11) is 1.67. The summed E-state index contributed by atoms with van der Waals surface area (Å²) < 4.78 is 5.21. The largest absolute Gasteiger partial charge is 0.497 e. The number of methoxy groups -OCH3 is 1. The predicted molar refractivity (Wildman–Crippen MR) is 107 cm³/mol. The number of para-hydroxylation sites is 1. The number of urea groups is 1. The van der Waals surface area contributed by atoms with E-state index in [2.05, 4.69) is 17.0 Å². The highest BCUT2D eigenvalue weighted by molar-refractivity contribution is 6.19. The molecular formula is C22H25N3O3. The van der Waals surface area contributed by atoms with Crippen LogP contribution in [-0.2, 0) is 11.3 Å². The Balaban J connectivity index is 1.34. The Bertz CT molecular complexity index is 830. The highest BCUT2D eigenvalue weighted by Crippen LogP contribution is 2.26. The van der Waals surface area contributed by atoms with Gasteiger partial charge in [-0.1, -0.05) is 30.3 Å². The van der Waals surface area contributed by atoms with Gasteiger partial charge < -0.3 is 9.64 Å². The molecular weight excluding hydrogens is 354 g/mol. The Labute approximate surface area is 165 Å². The van der Waals surface area contributed by atoms with E-state index in [0.717, 1.165) is 38.2 Å². The van der Waals surface area contributed by atoms with Gasteiger partial charge in [-0.3, -0.25) is 9.69 Å². The number of ether oxygens (including phenoxy) is 1. The van der Waals surface area contributed by atoms with Crippen LogP contribution in [0.4, 0.5) is 10.5 Å². The molecule has 0 N–H and O–H groups in total. The second kappa shape index (κ2) is 8.02. The zero-order chi connectivity index (χ0) is 19.5. The fourth-order valence-corrected chi connectivity index (χ4v) is 4.01. The van der Waals surface area contributed by atoms with Crippen LogP contribution in [0, 0.1) is 0 Å². The normalized spacial score (nSPS) is 18.8. The summed E-state index contributed by atoms with van der Waals surface area (Å²) in [5.74, 6) is 0.722. The molecule has 2 saturated heterocycles. The van der Waals surface area contributed by atoms with E-state index in [1.54, 1.807) is 24.1 Å². The maximum absolute atomic E-state index is 12.9. The summed E-state index contributed by atoms with van der Waals surface area (Å²) in [6.07, 6.45) is 1.77. The highest BCUT2D eigenvalue weighted by Gasteiger charge is 2.41. The molecule has 0 aromatic heterocycles. The Morgan fingerprint density at radius 2 is 1.64 bits per heavy atom. The number of carbonyl (C=O) groups is 2. The minimum Gasteiger partial charge on any atom is -0.497 e. The second-order valence-corrected chi connectivity index (χ2v) is 7.33. The molecule has 6 heteroatoms. The van der Waals surface area contributed by atoms with E-state index in [-0.39, 0.29) is 24.5 Å². The number of imide groups is 1.